The first-order chi connectivity index (χ1) is 9.51. The van der Waals surface area contributed by atoms with Crippen molar-refractivity contribution in [3.05, 3.63) is 63.7 Å². The van der Waals surface area contributed by atoms with E-state index in [0.29, 0.717) is 16.3 Å². The molecule has 0 spiro atoms. The fourth-order valence-electron chi connectivity index (χ4n) is 1.81. The van der Waals surface area contributed by atoms with E-state index in [1.54, 1.807) is 18.2 Å². The van der Waals surface area contributed by atoms with E-state index in [4.69, 9.17) is 16.9 Å². The zero-order valence-corrected chi connectivity index (χ0v) is 12.9. The van der Waals surface area contributed by atoms with E-state index in [0.717, 1.165) is 16.0 Å². The van der Waals surface area contributed by atoms with Gasteiger partial charge in [0.2, 0.25) is 0 Å². The predicted molar refractivity (Wildman–Crippen MR) is 82.2 cm³/mol. The van der Waals surface area contributed by atoms with Crippen molar-refractivity contribution in [1.82, 2.24) is 0 Å². The van der Waals surface area contributed by atoms with Crippen LogP contribution in [-0.4, -0.2) is 4.21 Å². The Labute approximate surface area is 126 Å². The molecule has 0 amide bonds. The second kappa shape index (κ2) is 6.21. The molecule has 2 nitrogen and oxygen atoms in total. The lowest BCUT2D eigenvalue weighted by atomic mass is 10.1. The third-order valence-electron chi connectivity index (χ3n) is 3.21. The van der Waals surface area contributed by atoms with Gasteiger partial charge in [-0.2, -0.15) is 5.26 Å². The van der Waals surface area contributed by atoms with Crippen LogP contribution < -0.4 is 0 Å². The highest BCUT2D eigenvalue weighted by molar-refractivity contribution is 7.84. The van der Waals surface area contributed by atoms with Crippen LogP contribution in [0, 0.1) is 25.2 Å². The summed E-state index contributed by atoms with van der Waals surface area (Å²) in [5.41, 5.74) is 3.61. The number of rotatable bonds is 3. The van der Waals surface area contributed by atoms with Crippen molar-refractivity contribution in [2.24, 2.45) is 0 Å². The van der Waals surface area contributed by atoms with E-state index >= 15 is 0 Å². The first-order valence-electron chi connectivity index (χ1n) is 6.15. The summed E-state index contributed by atoms with van der Waals surface area (Å²) >= 11 is 6.11. The Morgan fingerprint density at radius 3 is 2.50 bits per heavy atom. The molecule has 4 heteroatoms. The molecule has 0 aliphatic rings. The maximum atomic E-state index is 12.4. The molecule has 0 saturated heterocycles. The average molecular weight is 304 g/mol. The Kier molecular flexibility index (Phi) is 4.59. The highest BCUT2D eigenvalue weighted by atomic mass is 35.5. The largest absolute Gasteiger partial charge is 0.254 e. The minimum absolute atomic E-state index is 0.354. The highest BCUT2D eigenvalue weighted by Gasteiger charge is 2.09. The quantitative estimate of drug-likeness (QED) is 0.855. The third-order valence-corrected chi connectivity index (χ3v) is 4.91. The second-order valence-corrected chi connectivity index (χ2v) is 6.51. The van der Waals surface area contributed by atoms with Crippen LogP contribution in [0.5, 0.6) is 0 Å². The molecule has 0 fully saturated rings. The number of nitrogens with zero attached hydrogens (tertiary/aromatic N) is 1. The van der Waals surface area contributed by atoms with Gasteiger partial charge >= 0.3 is 0 Å². The first-order valence-corrected chi connectivity index (χ1v) is 7.85. The molecule has 0 saturated carbocycles. The minimum atomic E-state index is -1.14. The lowest BCUT2D eigenvalue weighted by Gasteiger charge is -2.07. The minimum Gasteiger partial charge on any atom is -0.254 e. The average Bonchev–Trinajstić information content (AvgIpc) is 2.43. The van der Waals surface area contributed by atoms with Gasteiger partial charge in [-0.05, 0) is 54.8 Å². The zero-order valence-electron chi connectivity index (χ0n) is 11.3. The second-order valence-electron chi connectivity index (χ2n) is 4.65. The van der Waals surface area contributed by atoms with Crippen molar-refractivity contribution in [1.29, 1.82) is 5.26 Å². The standard InChI is InChI=1S/C16H14ClNOS/c1-11-3-6-15(7-12(11)2)20(19)10-14-5-4-13(9-18)8-16(14)17/h3-8H,10H2,1-2H3. The van der Waals surface area contributed by atoms with E-state index in [1.807, 2.05) is 38.1 Å². The van der Waals surface area contributed by atoms with Gasteiger partial charge in [0, 0.05) is 9.92 Å². The molecular formula is C16H14ClNOS. The summed E-state index contributed by atoms with van der Waals surface area (Å²) in [6.45, 7) is 4.03. The van der Waals surface area contributed by atoms with Gasteiger partial charge in [0.25, 0.3) is 0 Å². The smallest absolute Gasteiger partial charge is 0.0992 e. The SMILES string of the molecule is Cc1ccc(S(=O)Cc2ccc(C#N)cc2Cl)cc1C. The Balaban J connectivity index is 2.23. The van der Waals surface area contributed by atoms with Crippen molar-refractivity contribution in [3.63, 3.8) is 0 Å². The molecular weight excluding hydrogens is 290 g/mol. The van der Waals surface area contributed by atoms with Gasteiger partial charge in [-0.15, -0.1) is 0 Å². The summed E-state index contributed by atoms with van der Waals surface area (Å²) in [6, 6.07) is 12.9. The number of hydrogen-bond acceptors (Lipinski definition) is 2. The maximum absolute atomic E-state index is 12.4. The number of nitriles is 1. The fraction of sp³-hybridized carbons (Fsp3) is 0.188. The monoisotopic (exact) mass is 303 g/mol. The van der Waals surface area contributed by atoms with Crippen LogP contribution in [0.2, 0.25) is 5.02 Å². The topological polar surface area (TPSA) is 40.9 Å². The van der Waals surface area contributed by atoms with E-state index in [-0.39, 0.29) is 0 Å². The van der Waals surface area contributed by atoms with Crippen LogP contribution >= 0.6 is 11.6 Å². The van der Waals surface area contributed by atoms with Crippen molar-refractivity contribution in [3.8, 4) is 6.07 Å². The van der Waals surface area contributed by atoms with Gasteiger partial charge in [-0.1, -0.05) is 23.7 Å². The zero-order chi connectivity index (χ0) is 14.7. The molecule has 1 atom stereocenters. The lowest BCUT2D eigenvalue weighted by molar-refractivity contribution is 0.682. The summed E-state index contributed by atoms with van der Waals surface area (Å²) < 4.78 is 12.4. The molecule has 2 rings (SSSR count). The van der Waals surface area contributed by atoms with Gasteiger partial charge in [-0.25, -0.2) is 0 Å². The van der Waals surface area contributed by atoms with E-state index in [2.05, 4.69) is 0 Å². The van der Waals surface area contributed by atoms with Crippen LogP contribution in [0.15, 0.2) is 41.3 Å². The Morgan fingerprint density at radius 2 is 1.90 bits per heavy atom. The molecule has 2 aromatic carbocycles. The van der Waals surface area contributed by atoms with Gasteiger partial charge in [0.05, 0.1) is 28.2 Å². The molecule has 0 aliphatic heterocycles. The van der Waals surface area contributed by atoms with Crippen LogP contribution in [0.25, 0.3) is 0 Å². The third kappa shape index (κ3) is 3.27. The molecule has 0 bridgehead atoms. The normalized spacial score (nSPS) is 11.9. The van der Waals surface area contributed by atoms with Crippen LogP contribution in [-0.2, 0) is 16.6 Å². The predicted octanol–water partition coefficient (Wildman–Crippen LogP) is 4.14. The molecule has 0 aliphatic carbocycles. The Bertz CT molecular complexity index is 719. The van der Waals surface area contributed by atoms with Gasteiger partial charge < -0.3 is 0 Å². The molecule has 0 heterocycles. The number of hydrogen-bond donors (Lipinski definition) is 0. The highest BCUT2D eigenvalue weighted by Crippen LogP contribution is 2.22. The molecule has 0 aromatic heterocycles. The van der Waals surface area contributed by atoms with Crippen molar-refractivity contribution >= 4 is 22.4 Å². The molecule has 1 unspecified atom stereocenters. The Morgan fingerprint density at radius 1 is 1.15 bits per heavy atom. The van der Waals surface area contributed by atoms with Crippen LogP contribution in [0.1, 0.15) is 22.3 Å². The summed E-state index contributed by atoms with van der Waals surface area (Å²) in [5, 5.41) is 9.29. The van der Waals surface area contributed by atoms with Gasteiger partial charge in [-0.3, -0.25) is 4.21 Å². The number of halogens is 1. The molecule has 102 valence electrons. The molecule has 0 N–H and O–H groups in total. The first kappa shape index (κ1) is 14.8. The van der Waals surface area contributed by atoms with E-state index in [9.17, 15) is 4.21 Å². The van der Waals surface area contributed by atoms with E-state index < -0.39 is 10.8 Å². The van der Waals surface area contributed by atoms with Crippen LogP contribution in [0.4, 0.5) is 0 Å². The lowest BCUT2D eigenvalue weighted by Crippen LogP contribution is -1.98. The molecule has 20 heavy (non-hydrogen) atoms. The van der Waals surface area contributed by atoms with Crippen molar-refractivity contribution < 1.29 is 4.21 Å². The summed E-state index contributed by atoms with van der Waals surface area (Å²) in [7, 11) is -1.14. The number of aryl methyl sites for hydroxylation is 2. The number of benzene rings is 2. The molecule has 2 aromatic rings. The maximum Gasteiger partial charge on any atom is 0.0992 e. The summed E-state index contributed by atoms with van der Waals surface area (Å²) in [5.74, 6) is 0.354. The van der Waals surface area contributed by atoms with Crippen molar-refractivity contribution in [2.75, 3.05) is 0 Å². The summed E-state index contributed by atoms with van der Waals surface area (Å²) in [4.78, 5) is 0.800. The van der Waals surface area contributed by atoms with Crippen molar-refractivity contribution in [2.45, 2.75) is 24.5 Å². The summed E-state index contributed by atoms with van der Waals surface area (Å²) in [6.07, 6.45) is 0. The fourth-order valence-corrected chi connectivity index (χ4v) is 3.37. The van der Waals surface area contributed by atoms with Crippen LogP contribution in [0.3, 0.4) is 0 Å². The molecule has 0 radical (unpaired) electrons. The Hall–Kier alpha value is -1.63. The van der Waals surface area contributed by atoms with E-state index in [1.165, 1.54) is 5.56 Å². The van der Waals surface area contributed by atoms with Gasteiger partial charge in [0.15, 0.2) is 0 Å². The van der Waals surface area contributed by atoms with Gasteiger partial charge in [0.1, 0.15) is 0 Å².